The summed E-state index contributed by atoms with van der Waals surface area (Å²) in [5.41, 5.74) is 5.35. The first-order valence-electron chi connectivity index (χ1n) is 5.69. The molecular weight excluding hydrogens is 263 g/mol. The predicted molar refractivity (Wildman–Crippen MR) is 72.2 cm³/mol. The Hall–Kier alpha value is -2.89. The standard InChI is InChI=1S/C14H11FN2O3/c15-17(10-4-2-1-3-5-10)13(18)9-6-7-11(14(19)20)12(16)8-9/h1-8H,16H2,(H,19,20). The molecule has 0 unspecified atom stereocenters. The van der Waals surface area contributed by atoms with E-state index in [4.69, 9.17) is 10.8 Å². The van der Waals surface area contributed by atoms with Gasteiger partial charge in [-0.1, -0.05) is 22.7 Å². The molecule has 0 aliphatic carbocycles. The highest BCUT2D eigenvalue weighted by Crippen LogP contribution is 2.20. The van der Waals surface area contributed by atoms with Crippen molar-refractivity contribution in [3.8, 4) is 0 Å². The smallest absolute Gasteiger partial charge is 0.337 e. The number of carbonyl (C=O) groups is 2. The summed E-state index contributed by atoms with van der Waals surface area (Å²) in [7, 11) is 0. The first-order valence-corrected chi connectivity index (χ1v) is 5.69. The molecule has 0 spiro atoms. The van der Waals surface area contributed by atoms with Crippen LogP contribution in [0.5, 0.6) is 0 Å². The molecule has 2 rings (SSSR count). The highest BCUT2D eigenvalue weighted by atomic mass is 19.2. The minimum atomic E-state index is -1.21. The van der Waals surface area contributed by atoms with E-state index in [0.717, 1.165) is 6.07 Å². The minimum absolute atomic E-state index is 0.0186. The molecule has 0 fully saturated rings. The number of carboxylic acid groups (broad SMARTS) is 1. The zero-order valence-electron chi connectivity index (χ0n) is 10.3. The maximum atomic E-state index is 13.9. The summed E-state index contributed by atoms with van der Waals surface area (Å²) in [4.78, 5) is 22.7. The van der Waals surface area contributed by atoms with Gasteiger partial charge in [0.15, 0.2) is 0 Å². The van der Waals surface area contributed by atoms with Crippen molar-refractivity contribution in [3.63, 3.8) is 0 Å². The molecule has 20 heavy (non-hydrogen) atoms. The molecule has 0 atom stereocenters. The second-order valence-electron chi connectivity index (χ2n) is 4.03. The molecule has 2 aromatic rings. The number of nitrogens with two attached hydrogens (primary N) is 1. The van der Waals surface area contributed by atoms with Gasteiger partial charge in [0.1, 0.15) is 0 Å². The third-order valence-electron chi connectivity index (χ3n) is 2.69. The van der Waals surface area contributed by atoms with Gasteiger partial charge < -0.3 is 10.8 Å². The lowest BCUT2D eigenvalue weighted by Crippen LogP contribution is -2.22. The number of rotatable bonds is 3. The molecule has 0 saturated carbocycles. The summed E-state index contributed by atoms with van der Waals surface area (Å²) in [6, 6.07) is 11.3. The van der Waals surface area contributed by atoms with Gasteiger partial charge in [0.2, 0.25) is 0 Å². The lowest BCUT2D eigenvalue weighted by atomic mass is 10.1. The quantitative estimate of drug-likeness (QED) is 0.665. The van der Waals surface area contributed by atoms with Crippen LogP contribution in [0.25, 0.3) is 0 Å². The molecule has 2 aromatic carbocycles. The van der Waals surface area contributed by atoms with Crippen LogP contribution in [0.2, 0.25) is 0 Å². The first kappa shape index (κ1) is 13.5. The highest BCUT2D eigenvalue weighted by Gasteiger charge is 2.19. The fourth-order valence-electron chi connectivity index (χ4n) is 1.68. The molecule has 5 nitrogen and oxygen atoms in total. The van der Waals surface area contributed by atoms with Crippen molar-refractivity contribution < 1.29 is 19.2 Å². The monoisotopic (exact) mass is 274 g/mol. The molecule has 6 heteroatoms. The number of amides is 1. The van der Waals surface area contributed by atoms with Gasteiger partial charge in [0.25, 0.3) is 5.91 Å². The Kier molecular flexibility index (Phi) is 3.65. The Bertz CT molecular complexity index is 659. The molecule has 0 aliphatic heterocycles. The number of benzene rings is 2. The van der Waals surface area contributed by atoms with Crippen LogP contribution in [-0.2, 0) is 0 Å². The molecular formula is C14H11FN2O3. The Morgan fingerprint density at radius 3 is 2.30 bits per heavy atom. The van der Waals surface area contributed by atoms with Crippen molar-refractivity contribution in [2.24, 2.45) is 0 Å². The third kappa shape index (κ3) is 2.59. The van der Waals surface area contributed by atoms with Gasteiger partial charge in [0, 0.05) is 11.3 Å². The van der Waals surface area contributed by atoms with Crippen LogP contribution in [0.15, 0.2) is 48.5 Å². The number of nitrogen functional groups attached to an aromatic ring is 1. The minimum Gasteiger partial charge on any atom is -0.478 e. The van der Waals surface area contributed by atoms with E-state index < -0.39 is 11.9 Å². The number of hydrogen-bond acceptors (Lipinski definition) is 3. The molecule has 0 bridgehead atoms. The SMILES string of the molecule is Nc1cc(C(=O)N(F)c2ccccc2)ccc1C(=O)O. The lowest BCUT2D eigenvalue weighted by molar-refractivity contribution is 0.0697. The Labute approximate surface area is 114 Å². The zero-order valence-corrected chi connectivity index (χ0v) is 10.3. The third-order valence-corrected chi connectivity index (χ3v) is 2.69. The number of halogens is 1. The van der Waals surface area contributed by atoms with Crippen molar-refractivity contribution >= 4 is 23.3 Å². The van der Waals surface area contributed by atoms with Crippen LogP contribution in [0, 0.1) is 0 Å². The van der Waals surface area contributed by atoms with Gasteiger partial charge in [-0.2, -0.15) is 0 Å². The van der Waals surface area contributed by atoms with Crippen molar-refractivity contribution in [3.05, 3.63) is 59.7 Å². The summed E-state index contributed by atoms with van der Waals surface area (Å²) in [5.74, 6) is -2.12. The van der Waals surface area contributed by atoms with Crippen LogP contribution in [-0.4, -0.2) is 17.0 Å². The van der Waals surface area contributed by atoms with Crippen LogP contribution >= 0.6 is 0 Å². The zero-order chi connectivity index (χ0) is 14.7. The topological polar surface area (TPSA) is 83.6 Å². The van der Waals surface area contributed by atoms with Gasteiger partial charge in [-0.05, 0) is 30.3 Å². The molecule has 0 aromatic heterocycles. The second kappa shape index (κ2) is 5.40. The Morgan fingerprint density at radius 2 is 1.75 bits per heavy atom. The van der Waals surface area contributed by atoms with E-state index in [1.54, 1.807) is 18.2 Å². The van der Waals surface area contributed by atoms with Crippen molar-refractivity contribution in [1.29, 1.82) is 0 Å². The molecule has 0 heterocycles. The average Bonchev–Trinajstić information content (AvgIpc) is 2.46. The van der Waals surface area contributed by atoms with Gasteiger partial charge in [-0.15, -0.1) is 5.12 Å². The maximum Gasteiger partial charge on any atom is 0.337 e. The number of carbonyl (C=O) groups excluding carboxylic acids is 1. The summed E-state index contributed by atoms with van der Waals surface area (Å²) in [6.07, 6.45) is 0. The van der Waals surface area contributed by atoms with E-state index in [9.17, 15) is 14.1 Å². The normalized spacial score (nSPS) is 10.1. The molecule has 3 N–H and O–H groups in total. The Balaban J connectivity index is 2.30. The number of carboxylic acids is 1. The second-order valence-corrected chi connectivity index (χ2v) is 4.03. The molecule has 0 aliphatic rings. The van der Waals surface area contributed by atoms with Gasteiger partial charge in [-0.3, -0.25) is 4.79 Å². The largest absolute Gasteiger partial charge is 0.478 e. The van der Waals surface area contributed by atoms with E-state index in [2.05, 4.69) is 0 Å². The summed E-state index contributed by atoms with van der Waals surface area (Å²) < 4.78 is 13.9. The number of hydrogen-bond donors (Lipinski definition) is 2. The fraction of sp³-hybridized carbons (Fsp3) is 0. The van der Waals surface area contributed by atoms with Crippen molar-refractivity contribution in [2.75, 3.05) is 10.9 Å². The summed E-state index contributed by atoms with van der Waals surface area (Å²) in [6.45, 7) is 0. The number of anilines is 2. The van der Waals surface area contributed by atoms with Gasteiger partial charge >= 0.3 is 5.97 Å². The average molecular weight is 274 g/mol. The summed E-state index contributed by atoms with van der Waals surface area (Å²) in [5, 5.41) is 8.81. The predicted octanol–water partition coefficient (Wildman–Crippen LogP) is 2.50. The van der Waals surface area contributed by atoms with Crippen LogP contribution < -0.4 is 10.9 Å². The summed E-state index contributed by atoms with van der Waals surface area (Å²) >= 11 is 0. The first-order chi connectivity index (χ1) is 9.50. The number of para-hydroxylation sites is 1. The lowest BCUT2D eigenvalue weighted by Gasteiger charge is -2.12. The fourth-order valence-corrected chi connectivity index (χ4v) is 1.68. The van der Waals surface area contributed by atoms with Crippen molar-refractivity contribution in [1.82, 2.24) is 0 Å². The number of aromatic carboxylic acids is 1. The van der Waals surface area contributed by atoms with Crippen LogP contribution in [0.3, 0.4) is 0 Å². The molecule has 102 valence electrons. The van der Waals surface area contributed by atoms with Gasteiger partial charge in [-0.25, -0.2) is 4.79 Å². The molecule has 0 saturated heterocycles. The van der Waals surface area contributed by atoms with E-state index in [-0.39, 0.29) is 27.6 Å². The number of nitrogens with zero attached hydrogens (tertiary/aromatic N) is 1. The highest BCUT2D eigenvalue weighted by molar-refractivity contribution is 6.06. The molecule has 1 amide bonds. The van der Waals surface area contributed by atoms with Crippen LogP contribution in [0.4, 0.5) is 15.9 Å². The van der Waals surface area contributed by atoms with E-state index >= 15 is 0 Å². The van der Waals surface area contributed by atoms with Crippen LogP contribution in [0.1, 0.15) is 20.7 Å². The van der Waals surface area contributed by atoms with E-state index in [1.807, 2.05) is 0 Å². The maximum absolute atomic E-state index is 13.9. The van der Waals surface area contributed by atoms with Gasteiger partial charge in [0.05, 0.1) is 11.3 Å². The Morgan fingerprint density at radius 1 is 1.10 bits per heavy atom. The van der Waals surface area contributed by atoms with Crippen molar-refractivity contribution in [2.45, 2.75) is 0 Å². The van der Waals surface area contributed by atoms with E-state index in [0.29, 0.717) is 0 Å². The molecule has 0 radical (unpaired) electrons. The van der Waals surface area contributed by atoms with E-state index in [1.165, 1.54) is 24.3 Å².